The standard InChI is InChI=1S/C25H28N2O6/c1-25(2,3)33-23(29)26-13-12-21-22(28)32-15-27(21)24(30)31-14-20-18-10-6-4-8-16(18)17-9-5-7-11-19(17)20/h4-11,20-21H,12-15H2,1-3H3,(H,26,29)/t21-/m0/s1. The Morgan fingerprint density at radius 3 is 2.27 bits per heavy atom. The highest BCUT2D eigenvalue weighted by molar-refractivity contribution is 5.84. The number of fused-ring (bicyclic) bond motifs is 3. The van der Waals surface area contributed by atoms with Crippen molar-refractivity contribution in [1.82, 2.24) is 10.2 Å². The van der Waals surface area contributed by atoms with Gasteiger partial charge in [-0.1, -0.05) is 48.5 Å². The van der Waals surface area contributed by atoms with Crippen LogP contribution in [0.3, 0.4) is 0 Å². The molecule has 1 N–H and O–H groups in total. The fourth-order valence-electron chi connectivity index (χ4n) is 4.20. The van der Waals surface area contributed by atoms with Crippen LogP contribution in [0.4, 0.5) is 9.59 Å². The number of carbonyl (C=O) groups is 3. The van der Waals surface area contributed by atoms with Crippen LogP contribution in [-0.2, 0) is 19.0 Å². The molecule has 1 aliphatic heterocycles. The molecule has 1 aliphatic carbocycles. The lowest BCUT2D eigenvalue weighted by molar-refractivity contribution is -0.139. The van der Waals surface area contributed by atoms with Crippen LogP contribution in [0.15, 0.2) is 48.5 Å². The quantitative estimate of drug-likeness (QED) is 0.544. The van der Waals surface area contributed by atoms with E-state index in [2.05, 4.69) is 17.4 Å². The van der Waals surface area contributed by atoms with Crippen LogP contribution in [-0.4, -0.2) is 54.6 Å². The first-order chi connectivity index (χ1) is 15.7. The minimum Gasteiger partial charge on any atom is -0.448 e. The van der Waals surface area contributed by atoms with Crippen LogP contribution in [0.2, 0.25) is 0 Å². The number of alkyl carbamates (subject to hydrolysis) is 1. The maximum atomic E-state index is 12.8. The first-order valence-electron chi connectivity index (χ1n) is 11.0. The first kappa shape index (κ1) is 22.6. The van der Waals surface area contributed by atoms with Gasteiger partial charge >= 0.3 is 18.2 Å². The van der Waals surface area contributed by atoms with Gasteiger partial charge in [0.05, 0.1) is 0 Å². The predicted molar refractivity (Wildman–Crippen MR) is 121 cm³/mol. The Bertz CT molecular complexity index is 1020. The Morgan fingerprint density at radius 2 is 1.67 bits per heavy atom. The zero-order chi connectivity index (χ0) is 23.6. The monoisotopic (exact) mass is 452 g/mol. The number of nitrogens with one attached hydrogen (secondary N) is 1. The van der Waals surface area contributed by atoms with Crippen molar-refractivity contribution >= 4 is 18.2 Å². The number of nitrogens with zero attached hydrogens (tertiary/aromatic N) is 1. The number of amides is 2. The predicted octanol–water partition coefficient (Wildman–Crippen LogP) is 4.04. The highest BCUT2D eigenvalue weighted by Gasteiger charge is 2.39. The van der Waals surface area contributed by atoms with E-state index >= 15 is 0 Å². The molecule has 1 saturated heterocycles. The summed E-state index contributed by atoms with van der Waals surface area (Å²) in [5.74, 6) is -0.595. The molecule has 2 aliphatic rings. The molecule has 2 aromatic rings. The zero-order valence-electron chi connectivity index (χ0n) is 19.0. The molecule has 0 saturated carbocycles. The number of rotatable bonds is 5. The third kappa shape index (κ3) is 4.94. The van der Waals surface area contributed by atoms with E-state index in [1.165, 1.54) is 4.90 Å². The van der Waals surface area contributed by atoms with Crippen LogP contribution in [0, 0.1) is 0 Å². The fraction of sp³-hybridized carbons (Fsp3) is 0.400. The Morgan fingerprint density at radius 1 is 1.06 bits per heavy atom. The van der Waals surface area contributed by atoms with Gasteiger partial charge < -0.3 is 19.5 Å². The van der Waals surface area contributed by atoms with E-state index in [4.69, 9.17) is 14.2 Å². The molecular formula is C25H28N2O6. The van der Waals surface area contributed by atoms with Crippen molar-refractivity contribution in [2.45, 2.75) is 44.8 Å². The number of ether oxygens (including phenoxy) is 3. The molecule has 1 atom stereocenters. The van der Waals surface area contributed by atoms with Crippen LogP contribution in [0.1, 0.15) is 44.2 Å². The van der Waals surface area contributed by atoms with E-state index in [1.807, 2.05) is 36.4 Å². The number of carbonyl (C=O) groups excluding carboxylic acids is 3. The molecule has 0 radical (unpaired) electrons. The summed E-state index contributed by atoms with van der Waals surface area (Å²) in [5, 5.41) is 2.60. The van der Waals surface area contributed by atoms with Crippen molar-refractivity contribution in [2.24, 2.45) is 0 Å². The van der Waals surface area contributed by atoms with E-state index < -0.39 is 29.8 Å². The van der Waals surface area contributed by atoms with Crippen molar-refractivity contribution in [3.8, 4) is 11.1 Å². The lowest BCUT2D eigenvalue weighted by Crippen LogP contribution is -2.42. The second-order valence-corrected chi connectivity index (χ2v) is 9.10. The maximum absolute atomic E-state index is 12.8. The molecule has 0 aromatic heterocycles. The van der Waals surface area contributed by atoms with Crippen LogP contribution in [0.25, 0.3) is 11.1 Å². The molecule has 4 rings (SSSR count). The zero-order valence-corrected chi connectivity index (χ0v) is 19.0. The van der Waals surface area contributed by atoms with Crippen molar-refractivity contribution in [3.63, 3.8) is 0 Å². The summed E-state index contributed by atoms with van der Waals surface area (Å²) >= 11 is 0. The van der Waals surface area contributed by atoms with Crippen molar-refractivity contribution < 1.29 is 28.6 Å². The Hall–Kier alpha value is -3.55. The van der Waals surface area contributed by atoms with Gasteiger partial charge in [0, 0.05) is 12.5 Å². The highest BCUT2D eigenvalue weighted by atomic mass is 16.6. The number of esters is 1. The van der Waals surface area contributed by atoms with Crippen LogP contribution >= 0.6 is 0 Å². The molecule has 1 heterocycles. The van der Waals surface area contributed by atoms with Gasteiger partial charge in [-0.25, -0.2) is 14.4 Å². The van der Waals surface area contributed by atoms with Crippen molar-refractivity contribution in [1.29, 1.82) is 0 Å². The summed E-state index contributed by atoms with van der Waals surface area (Å²) in [4.78, 5) is 38.1. The topological polar surface area (TPSA) is 94.2 Å². The summed E-state index contributed by atoms with van der Waals surface area (Å²) in [6.45, 7) is 5.42. The summed E-state index contributed by atoms with van der Waals surface area (Å²) < 4.78 is 15.9. The largest absolute Gasteiger partial charge is 0.448 e. The minimum atomic E-state index is -0.824. The van der Waals surface area contributed by atoms with Gasteiger partial charge in [-0.05, 0) is 49.4 Å². The van der Waals surface area contributed by atoms with Gasteiger partial charge in [-0.15, -0.1) is 0 Å². The van der Waals surface area contributed by atoms with Gasteiger partial charge in [0.2, 0.25) is 0 Å². The Kier molecular flexibility index (Phi) is 6.26. The second kappa shape index (κ2) is 9.13. The van der Waals surface area contributed by atoms with Gasteiger partial charge in [0.1, 0.15) is 18.2 Å². The van der Waals surface area contributed by atoms with Crippen LogP contribution < -0.4 is 5.32 Å². The van der Waals surface area contributed by atoms with E-state index in [9.17, 15) is 14.4 Å². The molecule has 0 spiro atoms. The minimum absolute atomic E-state index is 0.0761. The van der Waals surface area contributed by atoms with E-state index in [1.54, 1.807) is 20.8 Å². The molecule has 1 fully saturated rings. The van der Waals surface area contributed by atoms with E-state index in [0.717, 1.165) is 22.3 Å². The molecule has 0 unspecified atom stereocenters. The average Bonchev–Trinajstić information content (AvgIpc) is 3.29. The summed E-state index contributed by atoms with van der Waals surface area (Å²) in [5.41, 5.74) is 3.88. The SMILES string of the molecule is CC(C)(C)OC(=O)NCC[C@H]1C(=O)OCN1C(=O)OCC1c2ccccc2-c2ccccc21. The number of cyclic esters (lactones) is 1. The smallest absolute Gasteiger partial charge is 0.413 e. The maximum Gasteiger partial charge on any atom is 0.413 e. The third-order valence-electron chi connectivity index (χ3n) is 5.65. The number of hydrogen-bond acceptors (Lipinski definition) is 6. The van der Waals surface area contributed by atoms with Crippen LogP contribution in [0.5, 0.6) is 0 Å². The molecule has 8 nitrogen and oxygen atoms in total. The lowest BCUT2D eigenvalue weighted by Gasteiger charge is -2.22. The van der Waals surface area contributed by atoms with Crippen molar-refractivity contribution in [2.75, 3.05) is 19.9 Å². The third-order valence-corrected chi connectivity index (χ3v) is 5.65. The average molecular weight is 453 g/mol. The Labute approximate surface area is 192 Å². The van der Waals surface area contributed by atoms with E-state index in [0.29, 0.717) is 0 Å². The molecule has 8 heteroatoms. The first-order valence-corrected chi connectivity index (χ1v) is 11.0. The van der Waals surface area contributed by atoms with Gasteiger partial charge in [-0.2, -0.15) is 0 Å². The normalized spacial score (nSPS) is 17.2. The van der Waals surface area contributed by atoms with Crippen molar-refractivity contribution in [3.05, 3.63) is 59.7 Å². The summed E-state index contributed by atoms with van der Waals surface area (Å²) in [7, 11) is 0. The van der Waals surface area contributed by atoms with Gasteiger partial charge in [0.25, 0.3) is 0 Å². The van der Waals surface area contributed by atoms with E-state index in [-0.39, 0.29) is 32.2 Å². The number of hydrogen-bond donors (Lipinski definition) is 1. The second-order valence-electron chi connectivity index (χ2n) is 9.10. The molecule has 0 bridgehead atoms. The highest BCUT2D eigenvalue weighted by Crippen LogP contribution is 2.44. The molecule has 174 valence electrons. The number of benzene rings is 2. The molecule has 2 aromatic carbocycles. The Balaban J connectivity index is 1.36. The summed E-state index contributed by atoms with van der Waals surface area (Å²) in [6, 6.07) is 15.3. The fourth-order valence-corrected chi connectivity index (χ4v) is 4.20. The molecular weight excluding hydrogens is 424 g/mol. The summed E-state index contributed by atoms with van der Waals surface area (Å²) in [6.07, 6.45) is -1.01. The molecule has 33 heavy (non-hydrogen) atoms. The van der Waals surface area contributed by atoms with Gasteiger partial charge in [0.15, 0.2) is 6.73 Å². The lowest BCUT2D eigenvalue weighted by atomic mass is 9.98. The van der Waals surface area contributed by atoms with Gasteiger partial charge in [-0.3, -0.25) is 4.90 Å². The molecule has 2 amide bonds.